The number of nitrogens with two attached hydrogens (primary N) is 1. The van der Waals surface area contributed by atoms with Crippen LogP contribution >= 0.6 is 11.6 Å². The molecule has 0 aliphatic carbocycles. The third-order valence-corrected chi connectivity index (χ3v) is 4.42. The van der Waals surface area contributed by atoms with Gasteiger partial charge in [-0.3, -0.25) is 4.98 Å². The van der Waals surface area contributed by atoms with Crippen molar-refractivity contribution in [3.05, 3.63) is 53.3 Å². The lowest BCUT2D eigenvalue weighted by Gasteiger charge is -2.09. The fourth-order valence-electron chi connectivity index (χ4n) is 1.68. The van der Waals surface area contributed by atoms with Crippen LogP contribution in [0.3, 0.4) is 0 Å². The highest BCUT2D eigenvalue weighted by atomic mass is 35.5. The lowest BCUT2D eigenvalue weighted by molar-refractivity contribution is 0.581. The number of sulfonamides is 1. The molecule has 0 unspecified atom stereocenters. The summed E-state index contributed by atoms with van der Waals surface area (Å²) in [6, 6.07) is 9.84. The first kappa shape index (κ1) is 14.8. The van der Waals surface area contributed by atoms with E-state index in [0.717, 1.165) is 5.69 Å². The summed E-state index contributed by atoms with van der Waals surface area (Å²) in [4.78, 5) is 4.11. The molecule has 0 saturated heterocycles. The van der Waals surface area contributed by atoms with Gasteiger partial charge in [0.1, 0.15) is 4.90 Å². The Kier molecular flexibility index (Phi) is 4.59. The van der Waals surface area contributed by atoms with Crippen LogP contribution in [0.25, 0.3) is 0 Å². The average Bonchev–Trinajstić information content (AvgIpc) is 2.42. The van der Waals surface area contributed by atoms with Crippen LogP contribution in [0.15, 0.2) is 47.5 Å². The summed E-state index contributed by atoms with van der Waals surface area (Å²) in [6.07, 6.45) is 2.17. The number of hydrogen-bond acceptors (Lipinski definition) is 4. The summed E-state index contributed by atoms with van der Waals surface area (Å²) in [5.74, 6) is 0. The van der Waals surface area contributed by atoms with Crippen LogP contribution in [0.2, 0.25) is 5.02 Å². The minimum Gasteiger partial charge on any atom is -0.398 e. The lowest BCUT2D eigenvalue weighted by atomic mass is 10.3. The number of nitrogens with one attached hydrogen (secondary N) is 1. The lowest BCUT2D eigenvalue weighted by Crippen LogP contribution is -2.27. The Balaban J connectivity index is 2.06. The number of anilines is 1. The highest BCUT2D eigenvalue weighted by molar-refractivity contribution is 7.89. The Morgan fingerprint density at radius 1 is 1.25 bits per heavy atom. The molecule has 7 heteroatoms. The smallest absolute Gasteiger partial charge is 0.242 e. The fraction of sp³-hybridized carbons (Fsp3) is 0.154. The van der Waals surface area contributed by atoms with E-state index >= 15 is 0 Å². The number of halogens is 1. The van der Waals surface area contributed by atoms with Crippen molar-refractivity contribution in [3.8, 4) is 0 Å². The van der Waals surface area contributed by atoms with Crippen LogP contribution in [-0.2, 0) is 16.4 Å². The molecule has 0 atom stereocenters. The summed E-state index contributed by atoms with van der Waals surface area (Å²) >= 11 is 5.80. The van der Waals surface area contributed by atoms with E-state index < -0.39 is 10.0 Å². The second-order valence-corrected chi connectivity index (χ2v) is 6.32. The average molecular weight is 312 g/mol. The van der Waals surface area contributed by atoms with Crippen LogP contribution < -0.4 is 10.5 Å². The Morgan fingerprint density at radius 2 is 2.05 bits per heavy atom. The van der Waals surface area contributed by atoms with E-state index in [1.165, 1.54) is 12.1 Å². The molecule has 0 amide bonds. The molecular formula is C13H14ClN3O2S. The first-order valence-electron chi connectivity index (χ1n) is 5.93. The van der Waals surface area contributed by atoms with Crippen molar-refractivity contribution in [1.82, 2.24) is 9.71 Å². The first-order valence-corrected chi connectivity index (χ1v) is 7.80. The topological polar surface area (TPSA) is 85.1 Å². The van der Waals surface area contributed by atoms with Gasteiger partial charge in [0.05, 0.1) is 5.69 Å². The van der Waals surface area contributed by atoms with E-state index in [1.807, 2.05) is 12.1 Å². The number of nitrogens with zero attached hydrogens (tertiary/aromatic N) is 1. The van der Waals surface area contributed by atoms with Gasteiger partial charge in [-0.15, -0.1) is 0 Å². The van der Waals surface area contributed by atoms with Crippen LogP contribution in [0.1, 0.15) is 5.69 Å². The van der Waals surface area contributed by atoms with Gasteiger partial charge in [-0.2, -0.15) is 0 Å². The zero-order valence-corrected chi connectivity index (χ0v) is 12.2. The highest BCUT2D eigenvalue weighted by Crippen LogP contribution is 2.22. The van der Waals surface area contributed by atoms with Gasteiger partial charge in [0.15, 0.2) is 0 Å². The minimum atomic E-state index is -3.67. The molecule has 3 N–H and O–H groups in total. The molecular weight excluding hydrogens is 298 g/mol. The minimum absolute atomic E-state index is 0.00831. The molecule has 0 aliphatic heterocycles. The zero-order chi connectivity index (χ0) is 14.6. The molecule has 0 saturated carbocycles. The third-order valence-electron chi connectivity index (χ3n) is 2.66. The molecule has 1 heterocycles. The fourth-order valence-corrected chi connectivity index (χ4v) is 3.10. The number of nitrogen functional groups attached to an aromatic ring is 1. The van der Waals surface area contributed by atoms with E-state index in [9.17, 15) is 8.42 Å². The summed E-state index contributed by atoms with van der Waals surface area (Å²) in [5.41, 5.74) is 6.65. The molecule has 2 rings (SSSR count). The Hall–Kier alpha value is -1.63. The molecule has 106 valence electrons. The summed E-state index contributed by atoms with van der Waals surface area (Å²) in [6.45, 7) is 0.241. The zero-order valence-electron chi connectivity index (χ0n) is 10.6. The maximum atomic E-state index is 12.1. The van der Waals surface area contributed by atoms with Crippen LogP contribution in [0.4, 0.5) is 5.69 Å². The number of benzene rings is 1. The molecule has 2 aromatic rings. The Labute approximate surface area is 122 Å². The van der Waals surface area contributed by atoms with Gasteiger partial charge in [0, 0.05) is 29.9 Å². The van der Waals surface area contributed by atoms with E-state index in [-0.39, 0.29) is 17.1 Å². The van der Waals surface area contributed by atoms with Crippen molar-refractivity contribution in [2.75, 3.05) is 12.3 Å². The van der Waals surface area contributed by atoms with Gasteiger partial charge in [0.25, 0.3) is 0 Å². The molecule has 20 heavy (non-hydrogen) atoms. The van der Waals surface area contributed by atoms with Crippen molar-refractivity contribution >= 4 is 27.3 Å². The predicted molar refractivity (Wildman–Crippen MR) is 79.0 cm³/mol. The van der Waals surface area contributed by atoms with Crippen molar-refractivity contribution in [1.29, 1.82) is 0 Å². The van der Waals surface area contributed by atoms with Crippen LogP contribution in [-0.4, -0.2) is 19.9 Å². The molecule has 1 aromatic heterocycles. The van der Waals surface area contributed by atoms with Gasteiger partial charge < -0.3 is 5.73 Å². The molecule has 0 bridgehead atoms. The Morgan fingerprint density at radius 3 is 2.75 bits per heavy atom. The molecule has 1 aromatic carbocycles. The monoisotopic (exact) mass is 311 g/mol. The maximum Gasteiger partial charge on any atom is 0.242 e. The highest BCUT2D eigenvalue weighted by Gasteiger charge is 2.17. The van der Waals surface area contributed by atoms with Gasteiger partial charge in [-0.25, -0.2) is 13.1 Å². The summed E-state index contributed by atoms with van der Waals surface area (Å²) in [7, 11) is -3.67. The molecule has 5 nitrogen and oxygen atoms in total. The second-order valence-electron chi connectivity index (χ2n) is 4.15. The van der Waals surface area contributed by atoms with Crippen molar-refractivity contribution in [2.24, 2.45) is 0 Å². The summed E-state index contributed by atoms with van der Waals surface area (Å²) < 4.78 is 26.7. The number of pyridine rings is 1. The number of hydrogen-bond donors (Lipinski definition) is 2. The molecule has 0 radical (unpaired) electrons. The van der Waals surface area contributed by atoms with Crippen LogP contribution in [0, 0.1) is 0 Å². The quantitative estimate of drug-likeness (QED) is 0.825. The number of rotatable bonds is 5. The first-order chi connectivity index (χ1) is 9.49. The molecule has 0 aliphatic rings. The normalized spacial score (nSPS) is 11.4. The van der Waals surface area contributed by atoms with E-state index in [4.69, 9.17) is 17.3 Å². The largest absolute Gasteiger partial charge is 0.398 e. The Bertz CT molecular complexity index is 690. The molecule has 0 fully saturated rings. The van der Waals surface area contributed by atoms with E-state index in [2.05, 4.69) is 9.71 Å². The number of aromatic nitrogens is 1. The second kappa shape index (κ2) is 6.21. The van der Waals surface area contributed by atoms with Gasteiger partial charge >= 0.3 is 0 Å². The van der Waals surface area contributed by atoms with Gasteiger partial charge in [-0.05, 0) is 30.3 Å². The standard InChI is InChI=1S/C13H14ClN3O2S/c14-10-4-5-12(15)13(9-10)20(18,19)17-8-6-11-3-1-2-7-16-11/h1-5,7,9,17H,6,8,15H2. The van der Waals surface area contributed by atoms with Crippen molar-refractivity contribution < 1.29 is 8.42 Å². The third kappa shape index (κ3) is 3.69. The molecule has 0 spiro atoms. The van der Waals surface area contributed by atoms with Crippen LogP contribution in [0.5, 0.6) is 0 Å². The van der Waals surface area contributed by atoms with E-state index in [1.54, 1.807) is 18.3 Å². The van der Waals surface area contributed by atoms with Gasteiger partial charge in [-0.1, -0.05) is 17.7 Å². The maximum absolute atomic E-state index is 12.1. The SMILES string of the molecule is Nc1ccc(Cl)cc1S(=O)(=O)NCCc1ccccn1. The van der Waals surface area contributed by atoms with E-state index in [0.29, 0.717) is 11.4 Å². The van der Waals surface area contributed by atoms with Gasteiger partial charge in [0.2, 0.25) is 10.0 Å². The summed E-state index contributed by atoms with van der Waals surface area (Å²) in [5, 5.41) is 0.323. The van der Waals surface area contributed by atoms with Crippen molar-refractivity contribution in [3.63, 3.8) is 0 Å². The predicted octanol–water partition coefficient (Wildman–Crippen LogP) is 1.84. The van der Waals surface area contributed by atoms with Crippen molar-refractivity contribution in [2.45, 2.75) is 11.3 Å².